The summed E-state index contributed by atoms with van der Waals surface area (Å²) in [7, 11) is -2.75. The second-order valence-corrected chi connectivity index (χ2v) is 8.52. The number of benzene rings is 3. The fourth-order valence-electron chi connectivity index (χ4n) is 3.16. The van der Waals surface area contributed by atoms with Gasteiger partial charge < -0.3 is 20.0 Å². The summed E-state index contributed by atoms with van der Waals surface area (Å²) in [5, 5.41) is 10.2. The Balaban J connectivity index is 2.05. The van der Waals surface area contributed by atoms with Crippen LogP contribution in [0.3, 0.4) is 0 Å². The topological polar surface area (TPSA) is 149 Å². The number of hydrogen-bond acceptors (Lipinski definition) is 7. The molecule has 0 saturated carbocycles. The van der Waals surface area contributed by atoms with Crippen molar-refractivity contribution < 1.29 is 26.9 Å². The number of anilines is 1. The van der Waals surface area contributed by atoms with Crippen LogP contribution in [0.4, 0.5) is 5.69 Å². The van der Waals surface area contributed by atoms with Gasteiger partial charge in [-0.1, -0.05) is 30.3 Å². The molecule has 3 aromatic carbocycles. The van der Waals surface area contributed by atoms with Gasteiger partial charge in [0.15, 0.2) is 0 Å². The van der Waals surface area contributed by atoms with Crippen molar-refractivity contribution in [3.63, 3.8) is 0 Å². The number of methoxy groups -OCH3 is 1. The number of nitrogens with two attached hydrogens (primary N) is 1. The number of carbonyl (C=O) groups is 2. The largest absolute Gasteiger partial charge is 0.496 e. The average molecular weight is 468 g/mol. The molecule has 0 aliphatic rings. The van der Waals surface area contributed by atoms with Gasteiger partial charge in [0.25, 0.3) is 5.91 Å². The van der Waals surface area contributed by atoms with E-state index in [4.69, 9.17) is 15.9 Å². The summed E-state index contributed by atoms with van der Waals surface area (Å²) in [4.78, 5) is 25.8. The summed E-state index contributed by atoms with van der Waals surface area (Å²) < 4.78 is 32.9. The Labute approximate surface area is 190 Å². The van der Waals surface area contributed by atoms with Crippen molar-refractivity contribution in [2.24, 2.45) is 5.73 Å². The molecule has 0 saturated heterocycles. The summed E-state index contributed by atoms with van der Waals surface area (Å²) in [6.07, 6.45) is 0.763. The Morgan fingerprint density at radius 2 is 1.58 bits per heavy atom. The minimum Gasteiger partial charge on any atom is -0.496 e. The molecule has 0 bridgehead atoms. The van der Waals surface area contributed by atoms with Crippen LogP contribution in [0.5, 0.6) is 5.75 Å². The van der Waals surface area contributed by atoms with Crippen molar-refractivity contribution in [2.75, 3.05) is 18.7 Å². The number of amides is 1. The van der Waals surface area contributed by atoms with Crippen molar-refractivity contribution in [3.05, 3.63) is 83.4 Å². The van der Waals surface area contributed by atoms with E-state index in [2.05, 4.69) is 9.50 Å². The highest BCUT2D eigenvalue weighted by Gasteiger charge is 2.25. The van der Waals surface area contributed by atoms with Crippen LogP contribution in [0, 0.1) is 5.41 Å². The Hall–Kier alpha value is -4.18. The molecule has 0 aromatic heterocycles. The molecule has 0 fully saturated rings. The van der Waals surface area contributed by atoms with Gasteiger partial charge in [0, 0.05) is 22.4 Å². The second kappa shape index (κ2) is 9.53. The molecule has 0 heterocycles. The molecule has 9 nitrogen and oxygen atoms in total. The van der Waals surface area contributed by atoms with Gasteiger partial charge in [-0.25, -0.2) is 4.79 Å². The fourth-order valence-corrected chi connectivity index (χ4v) is 3.52. The van der Waals surface area contributed by atoms with Gasteiger partial charge in [0.05, 0.1) is 13.4 Å². The molecule has 1 amide bonds. The van der Waals surface area contributed by atoms with E-state index in [0.717, 1.165) is 6.26 Å². The molecule has 3 rings (SSSR count). The van der Waals surface area contributed by atoms with Crippen LogP contribution in [0.25, 0.3) is 11.1 Å². The van der Waals surface area contributed by atoms with Gasteiger partial charge in [-0.2, -0.15) is 8.42 Å². The number of ether oxygens (including phenoxy) is 1. The normalized spacial score (nSPS) is 10.8. The monoisotopic (exact) mass is 467 g/mol. The number of nitrogen functional groups attached to an aromatic ring is 1. The lowest BCUT2D eigenvalue weighted by molar-refractivity contribution is 0.0745. The molecule has 0 spiro atoms. The van der Waals surface area contributed by atoms with Crippen LogP contribution in [0.2, 0.25) is 0 Å². The number of hydrogen-bond donors (Lipinski definition) is 3. The molecule has 3 aromatic rings. The van der Waals surface area contributed by atoms with Crippen molar-refractivity contribution in [1.82, 2.24) is 0 Å². The summed E-state index contributed by atoms with van der Waals surface area (Å²) in [5.41, 5.74) is 7.18. The van der Waals surface area contributed by atoms with Crippen molar-refractivity contribution in [1.29, 1.82) is 5.41 Å². The van der Waals surface area contributed by atoms with Crippen LogP contribution < -0.4 is 15.8 Å². The van der Waals surface area contributed by atoms with E-state index in [9.17, 15) is 18.0 Å². The van der Waals surface area contributed by atoms with Crippen molar-refractivity contribution in [2.45, 2.75) is 0 Å². The molecule has 0 unspecified atom stereocenters. The Morgan fingerprint density at radius 1 is 0.939 bits per heavy atom. The van der Waals surface area contributed by atoms with E-state index in [1.165, 1.54) is 13.2 Å². The first-order chi connectivity index (χ1) is 15.6. The van der Waals surface area contributed by atoms with E-state index in [0.29, 0.717) is 16.8 Å². The van der Waals surface area contributed by atoms with Crippen molar-refractivity contribution in [3.8, 4) is 16.9 Å². The van der Waals surface area contributed by atoms with E-state index in [1.54, 1.807) is 60.7 Å². The quantitative estimate of drug-likeness (QED) is 0.275. The Morgan fingerprint density at radius 3 is 2.18 bits per heavy atom. The van der Waals surface area contributed by atoms with Gasteiger partial charge in [-0.05, 0) is 42.0 Å². The third kappa shape index (κ3) is 5.55. The van der Waals surface area contributed by atoms with Crippen LogP contribution in [-0.2, 0) is 14.3 Å². The smallest absolute Gasteiger partial charge is 0.358 e. The molecule has 10 heteroatoms. The van der Waals surface area contributed by atoms with E-state index < -0.39 is 22.0 Å². The third-order valence-corrected chi connectivity index (χ3v) is 5.05. The summed E-state index contributed by atoms with van der Waals surface area (Å²) in [6.45, 7) is 0. The molecule has 0 atom stereocenters. The lowest BCUT2D eigenvalue weighted by atomic mass is 9.94. The number of amidine groups is 1. The highest BCUT2D eigenvalue weighted by atomic mass is 32.2. The molecule has 0 aliphatic heterocycles. The summed E-state index contributed by atoms with van der Waals surface area (Å²) in [5.74, 6) is -1.59. The first kappa shape index (κ1) is 23.5. The van der Waals surface area contributed by atoms with Crippen LogP contribution >= 0.6 is 0 Å². The predicted octanol–water partition coefficient (Wildman–Crippen LogP) is 3.01. The Kier molecular flexibility index (Phi) is 6.78. The minimum absolute atomic E-state index is 0.0928. The van der Waals surface area contributed by atoms with Crippen LogP contribution in [0.15, 0.2) is 66.7 Å². The summed E-state index contributed by atoms with van der Waals surface area (Å²) in [6, 6.07) is 17.6. The van der Waals surface area contributed by atoms with Gasteiger partial charge in [0.1, 0.15) is 17.1 Å². The zero-order chi connectivity index (χ0) is 24.2. The van der Waals surface area contributed by atoms with Crippen LogP contribution in [0.1, 0.15) is 26.3 Å². The maximum absolute atomic E-state index is 13.1. The maximum Gasteiger partial charge on any atom is 0.358 e. The molecule has 170 valence electrons. The third-order valence-electron chi connectivity index (χ3n) is 4.59. The molecule has 33 heavy (non-hydrogen) atoms. The predicted molar refractivity (Wildman–Crippen MR) is 124 cm³/mol. The number of nitrogens with one attached hydrogen (secondary N) is 2. The van der Waals surface area contributed by atoms with Gasteiger partial charge in [0.2, 0.25) is 0 Å². The zero-order valence-electron chi connectivity index (χ0n) is 17.8. The van der Waals surface area contributed by atoms with Crippen LogP contribution in [-0.4, -0.2) is 39.5 Å². The minimum atomic E-state index is -4.08. The molecule has 0 radical (unpaired) electrons. The summed E-state index contributed by atoms with van der Waals surface area (Å²) >= 11 is 0. The molecular weight excluding hydrogens is 446 g/mol. The average Bonchev–Trinajstić information content (AvgIpc) is 2.77. The highest BCUT2D eigenvalue weighted by Crippen LogP contribution is 2.34. The first-order valence-electron chi connectivity index (χ1n) is 9.56. The number of rotatable bonds is 7. The maximum atomic E-state index is 13.1. The first-order valence-corrected chi connectivity index (χ1v) is 11.4. The zero-order valence-corrected chi connectivity index (χ0v) is 18.6. The van der Waals surface area contributed by atoms with E-state index in [-0.39, 0.29) is 28.3 Å². The lowest BCUT2D eigenvalue weighted by Gasteiger charge is -2.15. The highest BCUT2D eigenvalue weighted by molar-refractivity contribution is 7.86. The van der Waals surface area contributed by atoms with E-state index >= 15 is 0 Å². The van der Waals surface area contributed by atoms with E-state index in [1.807, 2.05) is 0 Å². The molecular formula is C23H21N3O6S. The van der Waals surface area contributed by atoms with Gasteiger partial charge >= 0.3 is 16.1 Å². The number of carbonyl (C=O) groups excluding carboxylic acids is 2. The van der Waals surface area contributed by atoms with Gasteiger partial charge in [-0.3, -0.25) is 10.2 Å². The van der Waals surface area contributed by atoms with Gasteiger partial charge in [-0.15, -0.1) is 0 Å². The lowest BCUT2D eigenvalue weighted by Crippen LogP contribution is -2.16. The Bertz CT molecular complexity index is 1330. The fraction of sp³-hybridized carbons (Fsp3) is 0.0870. The SMILES string of the molecule is COc1cccc(-c2ccccc2C(=O)Nc2ccc(C(=N)N)cc2)c1C(=O)OS(C)(=O)=O. The second-order valence-electron chi connectivity index (χ2n) is 6.95. The molecule has 0 aliphatic carbocycles. The standard InChI is InChI=1S/C23H21N3O6S/c1-31-19-9-5-8-17(20(19)23(28)32-33(2,29)30)16-6-3-4-7-18(16)22(27)26-15-12-10-14(11-13-15)21(24)25/h3-13H,1-2H3,(H3,24,25)(H,26,27). The van der Waals surface area contributed by atoms with Crippen molar-refractivity contribution >= 4 is 33.5 Å². The molecule has 4 N–H and O–H groups in total.